The lowest BCUT2D eigenvalue weighted by molar-refractivity contribution is -0.123. The highest BCUT2D eigenvalue weighted by molar-refractivity contribution is 6.02. The van der Waals surface area contributed by atoms with Crippen molar-refractivity contribution >= 4 is 11.7 Å². The van der Waals surface area contributed by atoms with Crippen LogP contribution in [-0.2, 0) is 4.79 Å². The first kappa shape index (κ1) is 17.7. The van der Waals surface area contributed by atoms with Crippen molar-refractivity contribution in [2.24, 2.45) is 22.2 Å². The third-order valence-corrected chi connectivity index (χ3v) is 2.85. The predicted molar refractivity (Wildman–Crippen MR) is 77.2 cm³/mol. The highest BCUT2D eigenvalue weighted by atomic mass is 16.4. The van der Waals surface area contributed by atoms with E-state index in [1.165, 1.54) is 0 Å². The van der Waals surface area contributed by atoms with E-state index in [1.54, 1.807) is 0 Å². The number of nitrogens with one attached hydrogen (secondary N) is 1. The molecule has 0 aliphatic rings. The molecule has 1 atom stereocenters. The summed E-state index contributed by atoms with van der Waals surface area (Å²) in [6, 6.07) is 0. The third kappa shape index (κ3) is 7.00. The van der Waals surface area contributed by atoms with Gasteiger partial charge in [0.25, 0.3) is 0 Å². The first-order valence-electron chi connectivity index (χ1n) is 6.63. The number of hydrogen-bond donors (Lipinski definition) is 3. The Labute approximate surface area is 116 Å². The Bertz CT molecular complexity index is 314. The second kappa shape index (κ2) is 7.99. The van der Waals surface area contributed by atoms with Crippen molar-refractivity contribution in [2.75, 3.05) is 27.2 Å². The van der Waals surface area contributed by atoms with Gasteiger partial charge in [0.05, 0.1) is 5.92 Å². The summed E-state index contributed by atoms with van der Waals surface area (Å²) in [7, 11) is 4.00. The van der Waals surface area contributed by atoms with Gasteiger partial charge in [0, 0.05) is 13.1 Å². The van der Waals surface area contributed by atoms with Crippen molar-refractivity contribution in [2.45, 2.75) is 33.6 Å². The van der Waals surface area contributed by atoms with Gasteiger partial charge in [-0.2, -0.15) is 0 Å². The van der Waals surface area contributed by atoms with Crippen molar-refractivity contribution in [3.05, 3.63) is 0 Å². The van der Waals surface area contributed by atoms with E-state index < -0.39 is 5.92 Å². The molecule has 0 spiro atoms. The van der Waals surface area contributed by atoms with Crippen LogP contribution in [0, 0.1) is 11.3 Å². The molecule has 1 unspecified atom stereocenters. The third-order valence-electron chi connectivity index (χ3n) is 2.85. The molecular formula is C13H28N4O2. The Balaban J connectivity index is 4.49. The van der Waals surface area contributed by atoms with E-state index in [1.807, 2.05) is 21.0 Å². The van der Waals surface area contributed by atoms with Crippen LogP contribution in [0.3, 0.4) is 0 Å². The van der Waals surface area contributed by atoms with E-state index in [4.69, 9.17) is 10.9 Å². The summed E-state index contributed by atoms with van der Waals surface area (Å²) in [4.78, 5) is 14.2. The Morgan fingerprint density at radius 2 is 2.05 bits per heavy atom. The molecule has 0 bridgehead atoms. The van der Waals surface area contributed by atoms with E-state index in [0.717, 1.165) is 13.0 Å². The fourth-order valence-corrected chi connectivity index (χ4v) is 2.13. The monoisotopic (exact) mass is 272 g/mol. The highest BCUT2D eigenvalue weighted by Gasteiger charge is 2.25. The molecule has 0 rings (SSSR count). The van der Waals surface area contributed by atoms with Gasteiger partial charge in [-0.05, 0) is 25.9 Å². The van der Waals surface area contributed by atoms with E-state index in [9.17, 15) is 4.79 Å². The van der Waals surface area contributed by atoms with Gasteiger partial charge in [0.15, 0.2) is 5.84 Å². The van der Waals surface area contributed by atoms with Crippen molar-refractivity contribution in [3.63, 3.8) is 0 Å². The molecular weight excluding hydrogens is 244 g/mol. The van der Waals surface area contributed by atoms with Crippen molar-refractivity contribution < 1.29 is 10.0 Å². The molecule has 4 N–H and O–H groups in total. The first-order chi connectivity index (χ1) is 8.73. The van der Waals surface area contributed by atoms with Crippen LogP contribution in [0.25, 0.3) is 0 Å². The quantitative estimate of drug-likeness (QED) is 0.264. The van der Waals surface area contributed by atoms with E-state index in [0.29, 0.717) is 13.0 Å². The number of amidine groups is 1. The molecule has 0 aliphatic heterocycles. The SMILES string of the molecule is CCCC(C(=O)NCC(C)(C)CN(C)C)C(N)=NO. The van der Waals surface area contributed by atoms with Crippen LogP contribution in [0.2, 0.25) is 0 Å². The van der Waals surface area contributed by atoms with Gasteiger partial charge in [-0.3, -0.25) is 4.79 Å². The zero-order chi connectivity index (χ0) is 15.1. The molecule has 0 fully saturated rings. The summed E-state index contributed by atoms with van der Waals surface area (Å²) in [5.41, 5.74) is 5.53. The Kier molecular flexibility index (Phi) is 7.44. The van der Waals surface area contributed by atoms with Crippen molar-refractivity contribution in [1.29, 1.82) is 0 Å². The fourth-order valence-electron chi connectivity index (χ4n) is 2.13. The summed E-state index contributed by atoms with van der Waals surface area (Å²) in [6.07, 6.45) is 1.38. The Hall–Kier alpha value is -1.30. The molecule has 112 valence electrons. The normalized spacial score (nSPS) is 14.5. The van der Waals surface area contributed by atoms with Crippen LogP contribution in [0.5, 0.6) is 0 Å². The van der Waals surface area contributed by atoms with Gasteiger partial charge in [-0.25, -0.2) is 0 Å². The number of nitrogens with zero attached hydrogens (tertiary/aromatic N) is 2. The number of carbonyl (C=O) groups excluding carboxylic acids is 1. The average Bonchev–Trinajstić information content (AvgIpc) is 2.30. The largest absolute Gasteiger partial charge is 0.409 e. The van der Waals surface area contributed by atoms with Crippen molar-refractivity contribution in [3.8, 4) is 0 Å². The fraction of sp³-hybridized carbons (Fsp3) is 0.846. The zero-order valence-corrected chi connectivity index (χ0v) is 12.7. The summed E-state index contributed by atoms with van der Waals surface area (Å²) >= 11 is 0. The molecule has 0 aromatic rings. The van der Waals surface area contributed by atoms with Gasteiger partial charge in [-0.1, -0.05) is 32.3 Å². The van der Waals surface area contributed by atoms with Crippen LogP contribution in [0.1, 0.15) is 33.6 Å². The minimum Gasteiger partial charge on any atom is -0.409 e. The van der Waals surface area contributed by atoms with Crippen LogP contribution in [0.15, 0.2) is 5.16 Å². The lowest BCUT2D eigenvalue weighted by Gasteiger charge is -2.29. The van der Waals surface area contributed by atoms with Gasteiger partial charge >= 0.3 is 0 Å². The minimum absolute atomic E-state index is 0.0234. The molecule has 1 amide bonds. The predicted octanol–water partition coefficient (Wildman–Crippen LogP) is 0.853. The smallest absolute Gasteiger partial charge is 0.230 e. The van der Waals surface area contributed by atoms with E-state index >= 15 is 0 Å². The van der Waals surface area contributed by atoms with Crippen molar-refractivity contribution in [1.82, 2.24) is 10.2 Å². The Morgan fingerprint density at radius 1 is 1.47 bits per heavy atom. The lowest BCUT2D eigenvalue weighted by Crippen LogP contribution is -2.44. The molecule has 0 aliphatic carbocycles. The topological polar surface area (TPSA) is 91.0 Å². The van der Waals surface area contributed by atoms with Gasteiger partial charge in [0.1, 0.15) is 0 Å². The number of rotatable bonds is 8. The zero-order valence-electron chi connectivity index (χ0n) is 12.7. The maximum atomic E-state index is 12.1. The molecule has 6 nitrogen and oxygen atoms in total. The summed E-state index contributed by atoms with van der Waals surface area (Å²) < 4.78 is 0. The summed E-state index contributed by atoms with van der Waals surface area (Å²) in [6.45, 7) is 7.57. The van der Waals surface area contributed by atoms with E-state index in [2.05, 4.69) is 29.2 Å². The number of hydrogen-bond acceptors (Lipinski definition) is 4. The van der Waals surface area contributed by atoms with E-state index in [-0.39, 0.29) is 17.2 Å². The molecule has 6 heteroatoms. The number of oxime groups is 1. The molecule has 0 aromatic heterocycles. The Morgan fingerprint density at radius 3 is 2.47 bits per heavy atom. The maximum Gasteiger partial charge on any atom is 0.230 e. The van der Waals surface area contributed by atoms with Gasteiger partial charge in [-0.15, -0.1) is 0 Å². The van der Waals surface area contributed by atoms with Gasteiger partial charge < -0.3 is 21.2 Å². The average molecular weight is 272 g/mol. The number of nitrogens with two attached hydrogens (primary N) is 1. The second-order valence-corrected chi connectivity index (χ2v) is 5.99. The maximum absolute atomic E-state index is 12.1. The molecule has 0 aromatic carbocycles. The minimum atomic E-state index is -0.551. The lowest BCUT2D eigenvalue weighted by atomic mass is 9.92. The second-order valence-electron chi connectivity index (χ2n) is 5.99. The van der Waals surface area contributed by atoms with Gasteiger partial charge in [0.2, 0.25) is 5.91 Å². The standard InChI is InChI=1S/C13H28N4O2/c1-6-7-10(11(14)16-19)12(18)15-8-13(2,3)9-17(4)5/h10,19H,6-9H2,1-5H3,(H2,14,16)(H,15,18). The first-order valence-corrected chi connectivity index (χ1v) is 6.63. The number of amides is 1. The molecule has 0 heterocycles. The molecule has 19 heavy (non-hydrogen) atoms. The highest BCUT2D eigenvalue weighted by Crippen LogP contribution is 2.15. The summed E-state index contributed by atoms with van der Waals surface area (Å²) in [5.74, 6) is -0.751. The van der Waals surface area contributed by atoms with Crippen LogP contribution in [-0.4, -0.2) is 49.0 Å². The summed E-state index contributed by atoms with van der Waals surface area (Å²) in [5, 5.41) is 14.5. The van der Waals surface area contributed by atoms with Crippen LogP contribution in [0.4, 0.5) is 0 Å². The van der Waals surface area contributed by atoms with Crippen LogP contribution >= 0.6 is 0 Å². The molecule has 0 radical (unpaired) electrons. The molecule has 0 saturated carbocycles. The number of carbonyl (C=O) groups is 1. The van der Waals surface area contributed by atoms with Crippen LogP contribution < -0.4 is 11.1 Å². The molecule has 0 saturated heterocycles.